The molecule has 2 aromatic rings. The molecule has 0 saturated carbocycles. The number of rotatable bonds is 5. The monoisotopic (exact) mass is 297 g/mol. The predicted molar refractivity (Wildman–Crippen MR) is 91.7 cm³/mol. The molecule has 116 valence electrons. The summed E-state index contributed by atoms with van der Waals surface area (Å²) in [5.74, 6) is -0.129. The second kappa shape index (κ2) is 7.07. The van der Waals surface area contributed by atoms with Gasteiger partial charge in [-0.05, 0) is 51.0 Å². The van der Waals surface area contributed by atoms with Crippen LogP contribution in [0.3, 0.4) is 0 Å². The van der Waals surface area contributed by atoms with E-state index in [0.29, 0.717) is 5.56 Å². The zero-order valence-corrected chi connectivity index (χ0v) is 13.7. The van der Waals surface area contributed by atoms with Gasteiger partial charge in [0.05, 0.1) is 17.4 Å². The van der Waals surface area contributed by atoms with Crippen molar-refractivity contribution in [3.63, 3.8) is 0 Å². The summed E-state index contributed by atoms with van der Waals surface area (Å²) in [6.07, 6.45) is 3.40. The van der Waals surface area contributed by atoms with Crippen LogP contribution in [0.1, 0.15) is 35.3 Å². The number of carbonyl (C=O) groups is 1. The highest BCUT2D eigenvalue weighted by atomic mass is 16.1. The molecule has 22 heavy (non-hydrogen) atoms. The average molecular weight is 297 g/mol. The number of carbonyl (C=O) groups excluding carboxylic acids is 1. The molecule has 0 aliphatic carbocycles. The zero-order valence-electron chi connectivity index (χ0n) is 13.7. The average Bonchev–Trinajstić information content (AvgIpc) is 2.52. The summed E-state index contributed by atoms with van der Waals surface area (Å²) >= 11 is 0. The van der Waals surface area contributed by atoms with Gasteiger partial charge in [-0.1, -0.05) is 12.1 Å². The van der Waals surface area contributed by atoms with Crippen LogP contribution in [0.15, 0.2) is 36.7 Å². The van der Waals surface area contributed by atoms with E-state index in [2.05, 4.69) is 29.0 Å². The van der Waals surface area contributed by atoms with Gasteiger partial charge in [-0.25, -0.2) is 0 Å². The van der Waals surface area contributed by atoms with Crippen LogP contribution in [0.5, 0.6) is 0 Å². The van der Waals surface area contributed by atoms with E-state index >= 15 is 0 Å². The standard InChI is InChI=1S/C18H23N3O/c1-5-21(6-2)16-10-15(11-19-12-16)18(22)20-17-9-13(3)7-8-14(17)4/h7-12H,5-6H2,1-4H3,(H,20,22). The number of pyridine rings is 1. The van der Waals surface area contributed by atoms with E-state index < -0.39 is 0 Å². The first-order valence-corrected chi connectivity index (χ1v) is 7.63. The minimum atomic E-state index is -0.129. The van der Waals surface area contributed by atoms with Crippen LogP contribution in [-0.2, 0) is 0 Å². The van der Waals surface area contributed by atoms with Crippen LogP contribution >= 0.6 is 0 Å². The van der Waals surface area contributed by atoms with Crippen molar-refractivity contribution in [3.05, 3.63) is 53.3 Å². The molecule has 1 heterocycles. The van der Waals surface area contributed by atoms with Crippen LogP contribution < -0.4 is 10.2 Å². The minimum Gasteiger partial charge on any atom is -0.371 e. The number of amides is 1. The molecule has 0 aliphatic rings. The van der Waals surface area contributed by atoms with E-state index in [-0.39, 0.29) is 5.91 Å². The normalized spacial score (nSPS) is 10.4. The molecule has 2 rings (SSSR count). The molecule has 4 heteroatoms. The number of nitrogens with one attached hydrogen (secondary N) is 1. The summed E-state index contributed by atoms with van der Waals surface area (Å²) in [5, 5.41) is 2.97. The minimum absolute atomic E-state index is 0.129. The van der Waals surface area contributed by atoms with Crippen molar-refractivity contribution in [1.29, 1.82) is 0 Å². The first-order valence-electron chi connectivity index (χ1n) is 7.63. The number of hydrogen-bond acceptors (Lipinski definition) is 3. The number of nitrogens with zero attached hydrogens (tertiary/aromatic N) is 2. The lowest BCUT2D eigenvalue weighted by Gasteiger charge is -2.21. The van der Waals surface area contributed by atoms with Crippen LogP contribution in [0.4, 0.5) is 11.4 Å². The molecular formula is C18H23N3O. The fourth-order valence-corrected chi connectivity index (χ4v) is 2.38. The lowest BCUT2D eigenvalue weighted by Crippen LogP contribution is -2.22. The van der Waals surface area contributed by atoms with Crippen molar-refractivity contribution in [3.8, 4) is 0 Å². The molecular weight excluding hydrogens is 274 g/mol. The van der Waals surface area contributed by atoms with Gasteiger partial charge >= 0.3 is 0 Å². The van der Waals surface area contributed by atoms with E-state index in [1.165, 1.54) is 0 Å². The number of aromatic nitrogens is 1. The Hall–Kier alpha value is -2.36. The summed E-state index contributed by atoms with van der Waals surface area (Å²) in [6.45, 7) is 9.95. The molecule has 1 amide bonds. The Morgan fingerprint density at radius 3 is 2.55 bits per heavy atom. The highest BCUT2D eigenvalue weighted by molar-refractivity contribution is 6.05. The SMILES string of the molecule is CCN(CC)c1cncc(C(=O)Nc2cc(C)ccc2C)c1. The third-order valence-corrected chi connectivity index (χ3v) is 3.76. The van der Waals surface area contributed by atoms with Crippen molar-refractivity contribution in [2.45, 2.75) is 27.7 Å². The quantitative estimate of drug-likeness (QED) is 0.913. The fraction of sp³-hybridized carbons (Fsp3) is 0.333. The lowest BCUT2D eigenvalue weighted by molar-refractivity contribution is 0.102. The Morgan fingerprint density at radius 2 is 1.86 bits per heavy atom. The zero-order chi connectivity index (χ0) is 16.1. The Kier molecular flexibility index (Phi) is 5.15. The fourth-order valence-electron chi connectivity index (χ4n) is 2.38. The third-order valence-electron chi connectivity index (χ3n) is 3.76. The van der Waals surface area contributed by atoms with Gasteiger partial charge in [0.1, 0.15) is 0 Å². The Morgan fingerprint density at radius 1 is 1.14 bits per heavy atom. The molecule has 1 aromatic heterocycles. The first kappa shape index (κ1) is 16.0. The second-order valence-corrected chi connectivity index (χ2v) is 5.38. The Balaban J connectivity index is 2.23. The molecule has 0 spiro atoms. The molecule has 4 nitrogen and oxygen atoms in total. The van der Waals surface area contributed by atoms with Gasteiger partial charge in [0, 0.05) is 25.0 Å². The van der Waals surface area contributed by atoms with Gasteiger partial charge < -0.3 is 10.2 Å². The van der Waals surface area contributed by atoms with Crippen molar-refractivity contribution in [2.75, 3.05) is 23.3 Å². The second-order valence-electron chi connectivity index (χ2n) is 5.38. The predicted octanol–water partition coefficient (Wildman–Crippen LogP) is 3.80. The summed E-state index contributed by atoms with van der Waals surface area (Å²) in [7, 11) is 0. The maximum atomic E-state index is 12.5. The maximum Gasteiger partial charge on any atom is 0.257 e. The van der Waals surface area contributed by atoms with Gasteiger partial charge in [0.2, 0.25) is 0 Å². The number of benzene rings is 1. The molecule has 1 aromatic carbocycles. The van der Waals surface area contributed by atoms with Gasteiger partial charge in [-0.3, -0.25) is 9.78 Å². The number of anilines is 2. The van der Waals surface area contributed by atoms with Crippen molar-refractivity contribution >= 4 is 17.3 Å². The van der Waals surface area contributed by atoms with Crippen molar-refractivity contribution in [1.82, 2.24) is 4.98 Å². The van der Waals surface area contributed by atoms with Gasteiger partial charge in [-0.15, -0.1) is 0 Å². The highest BCUT2D eigenvalue weighted by Crippen LogP contribution is 2.19. The summed E-state index contributed by atoms with van der Waals surface area (Å²) in [6, 6.07) is 7.92. The van der Waals surface area contributed by atoms with Crippen LogP contribution in [-0.4, -0.2) is 24.0 Å². The number of hydrogen-bond donors (Lipinski definition) is 1. The molecule has 0 aliphatic heterocycles. The van der Waals surface area contributed by atoms with E-state index in [4.69, 9.17) is 0 Å². The molecule has 0 atom stereocenters. The van der Waals surface area contributed by atoms with E-state index in [9.17, 15) is 4.79 Å². The summed E-state index contributed by atoms with van der Waals surface area (Å²) in [4.78, 5) is 18.8. The van der Waals surface area contributed by atoms with Crippen molar-refractivity contribution in [2.24, 2.45) is 0 Å². The van der Waals surface area contributed by atoms with Crippen molar-refractivity contribution < 1.29 is 4.79 Å². The van der Waals surface area contributed by atoms with E-state index in [0.717, 1.165) is 35.6 Å². The summed E-state index contributed by atoms with van der Waals surface area (Å²) < 4.78 is 0. The highest BCUT2D eigenvalue weighted by Gasteiger charge is 2.11. The molecule has 0 radical (unpaired) electrons. The van der Waals surface area contributed by atoms with Gasteiger partial charge in [-0.2, -0.15) is 0 Å². The van der Waals surface area contributed by atoms with E-state index in [1.807, 2.05) is 38.1 Å². The molecule has 1 N–H and O–H groups in total. The van der Waals surface area contributed by atoms with Crippen LogP contribution in [0.25, 0.3) is 0 Å². The molecule has 0 unspecified atom stereocenters. The first-order chi connectivity index (χ1) is 10.5. The number of aryl methyl sites for hydroxylation is 2. The smallest absolute Gasteiger partial charge is 0.257 e. The molecule has 0 saturated heterocycles. The molecule has 0 fully saturated rings. The largest absolute Gasteiger partial charge is 0.371 e. The topological polar surface area (TPSA) is 45.2 Å². The third kappa shape index (κ3) is 3.64. The maximum absolute atomic E-state index is 12.5. The molecule has 0 bridgehead atoms. The van der Waals surface area contributed by atoms with E-state index in [1.54, 1.807) is 12.4 Å². The van der Waals surface area contributed by atoms with Gasteiger partial charge in [0.25, 0.3) is 5.91 Å². The summed E-state index contributed by atoms with van der Waals surface area (Å²) in [5.41, 5.74) is 4.56. The van der Waals surface area contributed by atoms with Crippen LogP contribution in [0, 0.1) is 13.8 Å². The Labute approximate surface area is 132 Å². The Bertz CT molecular complexity index is 663. The lowest BCUT2D eigenvalue weighted by atomic mass is 10.1. The van der Waals surface area contributed by atoms with Gasteiger partial charge in [0.15, 0.2) is 0 Å². The van der Waals surface area contributed by atoms with Crippen LogP contribution in [0.2, 0.25) is 0 Å².